The highest BCUT2D eigenvalue weighted by Crippen LogP contribution is 2.24. The fourth-order valence-corrected chi connectivity index (χ4v) is 2.37. The number of aromatic nitrogens is 3. The van der Waals surface area contributed by atoms with Crippen LogP contribution in [0.4, 0.5) is 5.82 Å². The first-order chi connectivity index (χ1) is 11.6. The van der Waals surface area contributed by atoms with Crippen molar-refractivity contribution in [2.45, 2.75) is 13.5 Å². The quantitative estimate of drug-likeness (QED) is 0.741. The average molecular weight is 347 g/mol. The number of hydrogen-bond donors (Lipinski definition) is 2. The predicted octanol–water partition coefficient (Wildman–Crippen LogP) is 2.74. The topological polar surface area (TPSA) is 93.2 Å². The molecule has 124 valence electrons. The summed E-state index contributed by atoms with van der Waals surface area (Å²) in [5.74, 6) is 0.489. The van der Waals surface area contributed by atoms with Gasteiger partial charge in [0.1, 0.15) is 11.6 Å². The Morgan fingerprint density at radius 3 is 2.75 bits per heavy atom. The Kier molecular flexibility index (Phi) is 4.64. The minimum Gasteiger partial charge on any atom is -0.448 e. The van der Waals surface area contributed by atoms with Gasteiger partial charge in [-0.05, 0) is 19.1 Å². The molecule has 0 atom stereocenters. The Labute approximate surface area is 142 Å². The van der Waals surface area contributed by atoms with Gasteiger partial charge in [-0.15, -0.1) is 0 Å². The van der Waals surface area contributed by atoms with Crippen LogP contribution in [0.5, 0.6) is 0 Å². The van der Waals surface area contributed by atoms with Gasteiger partial charge >= 0.3 is 0 Å². The van der Waals surface area contributed by atoms with E-state index in [0.29, 0.717) is 22.3 Å². The van der Waals surface area contributed by atoms with Crippen LogP contribution < -0.4 is 5.32 Å². The van der Waals surface area contributed by atoms with E-state index in [1.165, 1.54) is 11.1 Å². The summed E-state index contributed by atoms with van der Waals surface area (Å²) in [4.78, 5) is 16.2. The van der Waals surface area contributed by atoms with Crippen molar-refractivity contribution in [1.29, 1.82) is 0 Å². The molecule has 0 saturated carbocycles. The monoisotopic (exact) mass is 346 g/mol. The molecule has 24 heavy (non-hydrogen) atoms. The van der Waals surface area contributed by atoms with Crippen LogP contribution in [0.25, 0.3) is 11.3 Å². The Bertz CT molecular complexity index is 855. The minimum absolute atomic E-state index is 0.104. The van der Waals surface area contributed by atoms with Crippen molar-refractivity contribution in [2.75, 3.05) is 11.9 Å². The molecule has 0 aliphatic rings. The number of carbonyl (C=O) groups excluding carboxylic acids is 1. The second-order valence-electron chi connectivity index (χ2n) is 5.08. The van der Waals surface area contributed by atoms with Crippen molar-refractivity contribution < 1.29 is 14.3 Å². The third kappa shape index (κ3) is 3.32. The molecule has 1 amide bonds. The zero-order valence-corrected chi connectivity index (χ0v) is 13.6. The number of aliphatic hydroxyl groups excluding tert-OH is 1. The summed E-state index contributed by atoms with van der Waals surface area (Å²) in [6.07, 6.45) is 1.22. The lowest BCUT2D eigenvalue weighted by atomic mass is 10.1. The maximum atomic E-state index is 12.3. The Balaban J connectivity index is 1.90. The van der Waals surface area contributed by atoms with Crippen LogP contribution in [0, 0.1) is 6.92 Å². The van der Waals surface area contributed by atoms with Gasteiger partial charge in [0.05, 0.1) is 18.8 Å². The lowest BCUT2D eigenvalue weighted by molar-refractivity contribution is 0.102. The number of halogens is 1. The highest BCUT2D eigenvalue weighted by atomic mass is 35.5. The van der Waals surface area contributed by atoms with Crippen LogP contribution in [0.1, 0.15) is 16.2 Å². The van der Waals surface area contributed by atoms with Crippen LogP contribution in [0.2, 0.25) is 5.02 Å². The summed E-state index contributed by atoms with van der Waals surface area (Å²) in [5, 5.41) is 17.0. The summed E-state index contributed by atoms with van der Waals surface area (Å²) in [7, 11) is 0. The summed E-state index contributed by atoms with van der Waals surface area (Å²) in [5.41, 5.74) is 1.72. The van der Waals surface area contributed by atoms with Crippen molar-refractivity contribution in [1.82, 2.24) is 14.8 Å². The second-order valence-corrected chi connectivity index (χ2v) is 5.52. The molecule has 7 nitrogen and oxygen atoms in total. The molecule has 0 saturated heterocycles. The van der Waals surface area contributed by atoms with E-state index in [-0.39, 0.29) is 18.8 Å². The van der Waals surface area contributed by atoms with Gasteiger partial charge in [-0.3, -0.25) is 4.79 Å². The van der Waals surface area contributed by atoms with Gasteiger partial charge in [0.15, 0.2) is 12.1 Å². The minimum atomic E-state index is -0.400. The average Bonchev–Trinajstić information content (AvgIpc) is 3.15. The van der Waals surface area contributed by atoms with Crippen LogP contribution >= 0.6 is 11.6 Å². The third-order valence-electron chi connectivity index (χ3n) is 3.43. The first-order valence-electron chi connectivity index (χ1n) is 7.24. The van der Waals surface area contributed by atoms with Crippen molar-refractivity contribution in [3.05, 3.63) is 53.2 Å². The van der Waals surface area contributed by atoms with Gasteiger partial charge < -0.3 is 14.8 Å². The molecular weight excluding hydrogens is 332 g/mol. The number of carbonyl (C=O) groups is 1. The van der Waals surface area contributed by atoms with E-state index in [9.17, 15) is 9.90 Å². The van der Waals surface area contributed by atoms with Crippen LogP contribution in [0.15, 0.2) is 41.1 Å². The highest BCUT2D eigenvalue weighted by molar-refractivity contribution is 6.30. The normalized spacial score (nSPS) is 10.8. The van der Waals surface area contributed by atoms with E-state index in [2.05, 4.69) is 15.4 Å². The van der Waals surface area contributed by atoms with Gasteiger partial charge in [0.25, 0.3) is 5.91 Å². The molecule has 0 radical (unpaired) electrons. The highest BCUT2D eigenvalue weighted by Gasteiger charge is 2.17. The van der Waals surface area contributed by atoms with Crippen LogP contribution in [-0.4, -0.2) is 32.4 Å². The zero-order valence-electron chi connectivity index (χ0n) is 12.9. The summed E-state index contributed by atoms with van der Waals surface area (Å²) in [6, 6.07) is 8.92. The molecule has 0 bridgehead atoms. The molecule has 0 unspecified atom stereocenters. The number of nitrogens with one attached hydrogen (secondary N) is 1. The second kappa shape index (κ2) is 6.86. The number of aliphatic hydroxyl groups is 1. The van der Waals surface area contributed by atoms with Crippen molar-refractivity contribution in [3.63, 3.8) is 0 Å². The summed E-state index contributed by atoms with van der Waals surface area (Å²) < 4.78 is 6.56. The first-order valence-corrected chi connectivity index (χ1v) is 7.62. The number of aryl methyl sites for hydroxylation is 1. The van der Waals surface area contributed by atoms with Gasteiger partial charge in [-0.1, -0.05) is 23.7 Å². The number of hydrogen-bond acceptors (Lipinski definition) is 5. The molecule has 0 aliphatic heterocycles. The van der Waals surface area contributed by atoms with E-state index in [1.54, 1.807) is 25.1 Å². The summed E-state index contributed by atoms with van der Waals surface area (Å²) >= 11 is 5.89. The fraction of sp³-hybridized carbons (Fsp3) is 0.188. The summed E-state index contributed by atoms with van der Waals surface area (Å²) in [6.45, 7) is 1.81. The number of rotatable bonds is 5. The van der Waals surface area contributed by atoms with Crippen molar-refractivity contribution in [3.8, 4) is 11.3 Å². The number of oxazole rings is 1. The standard InChI is InChI=1S/C16H15ClN4O3/c1-10-15(18-9-24-10)16(23)19-14-8-13(20-21(14)6-7-22)11-2-4-12(17)5-3-11/h2-5,8-9,22H,6-7H2,1H3,(H,19,23). The molecule has 2 N–H and O–H groups in total. The fourth-order valence-electron chi connectivity index (χ4n) is 2.24. The molecule has 2 heterocycles. The number of nitrogens with zero attached hydrogens (tertiary/aromatic N) is 3. The molecule has 0 spiro atoms. The van der Waals surface area contributed by atoms with Crippen molar-refractivity contribution >= 4 is 23.3 Å². The van der Waals surface area contributed by atoms with Gasteiger partial charge in [0.2, 0.25) is 0 Å². The number of benzene rings is 1. The van der Waals surface area contributed by atoms with Gasteiger partial charge in [-0.25, -0.2) is 9.67 Å². The van der Waals surface area contributed by atoms with Crippen molar-refractivity contribution in [2.24, 2.45) is 0 Å². The molecule has 0 fully saturated rings. The van der Waals surface area contributed by atoms with Gasteiger partial charge in [0, 0.05) is 16.7 Å². The lowest BCUT2D eigenvalue weighted by Gasteiger charge is -2.06. The zero-order chi connectivity index (χ0) is 17.1. The molecule has 3 rings (SSSR count). The molecule has 2 aromatic heterocycles. The maximum absolute atomic E-state index is 12.3. The Hall–Kier alpha value is -2.64. The van der Waals surface area contributed by atoms with E-state index < -0.39 is 5.91 Å². The Morgan fingerprint density at radius 1 is 1.38 bits per heavy atom. The first kappa shape index (κ1) is 16.2. The maximum Gasteiger partial charge on any atom is 0.279 e. The SMILES string of the molecule is Cc1ocnc1C(=O)Nc1cc(-c2ccc(Cl)cc2)nn1CCO. The predicted molar refractivity (Wildman–Crippen MR) is 89.0 cm³/mol. The largest absolute Gasteiger partial charge is 0.448 e. The van der Waals surface area contributed by atoms with Crippen LogP contribution in [-0.2, 0) is 6.54 Å². The number of amides is 1. The van der Waals surface area contributed by atoms with E-state index in [1.807, 2.05) is 12.1 Å². The smallest absolute Gasteiger partial charge is 0.279 e. The van der Waals surface area contributed by atoms with E-state index >= 15 is 0 Å². The molecular formula is C16H15ClN4O3. The molecule has 8 heteroatoms. The van der Waals surface area contributed by atoms with Crippen LogP contribution in [0.3, 0.4) is 0 Å². The van der Waals surface area contributed by atoms with Gasteiger partial charge in [-0.2, -0.15) is 5.10 Å². The molecule has 3 aromatic rings. The lowest BCUT2D eigenvalue weighted by Crippen LogP contribution is -2.17. The molecule has 1 aromatic carbocycles. The number of anilines is 1. The molecule has 0 aliphatic carbocycles. The third-order valence-corrected chi connectivity index (χ3v) is 3.69. The van der Waals surface area contributed by atoms with E-state index in [4.69, 9.17) is 16.0 Å². The Morgan fingerprint density at radius 2 is 2.12 bits per heavy atom. The van der Waals surface area contributed by atoms with E-state index in [0.717, 1.165) is 5.56 Å².